The number of fused-ring (bicyclic) bond motifs is 5. The number of hydrogen-bond donors (Lipinski definition) is 0. The van der Waals surface area contributed by atoms with Crippen LogP contribution in [-0.2, 0) is 19.1 Å². The van der Waals surface area contributed by atoms with E-state index in [1.165, 1.54) is 19.1 Å². The second-order valence-corrected chi connectivity index (χ2v) is 5.55. The summed E-state index contributed by atoms with van der Waals surface area (Å²) in [4.78, 5) is 26.9. The zero-order valence-electron chi connectivity index (χ0n) is 12.2. The van der Waals surface area contributed by atoms with Crippen LogP contribution in [0.15, 0.2) is 36.4 Å². The molecule has 6 heteroatoms. The Balaban J connectivity index is 1.80. The molecule has 0 aromatic heterocycles. The van der Waals surface area contributed by atoms with E-state index in [0.717, 1.165) is 0 Å². The summed E-state index contributed by atoms with van der Waals surface area (Å²) in [5, 5.41) is 0. The number of benzene rings is 1. The lowest BCUT2D eigenvalue weighted by Gasteiger charge is -2.27. The lowest BCUT2D eigenvalue weighted by atomic mass is 9.83. The van der Waals surface area contributed by atoms with E-state index < -0.39 is 23.7 Å². The van der Waals surface area contributed by atoms with Crippen LogP contribution in [0.2, 0.25) is 0 Å². The van der Waals surface area contributed by atoms with E-state index in [1.807, 2.05) is 0 Å². The molecule has 6 nitrogen and oxygen atoms in total. The van der Waals surface area contributed by atoms with Crippen molar-refractivity contribution in [1.29, 1.82) is 0 Å². The predicted molar refractivity (Wildman–Crippen MR) is 76.2 cm³/mol. The summed E-state index contributed by atoms with van der Waals surface area (Å²) in [6.07, 6.45) is 3.11. The molecular formula is C16H15NO5. The number of ether oxygens (including phenoxy) is 3. The first kappa shape index (κ1) is 13.5. The molecule has 2 saturated heterocycles. The summed E-state index contributed by atoms with van der Waals surface area (Å²) in [6, 6.07) is 6.98. The Hall–Kier alpha value is -2.18. The Labute approximate surface area is 127 Å². The molecule has 114 valence electrons. The normalized spacial score (nSPS) is 35.4. The second-order valence-electron chi connectivity index (χ2n) is 5.55. The standard InChI is InChI=1S/C16H15NO5/c1-20-10-6-4-3-5-9(10)17-14(18)12-11-7-8-16(21-2,22-11)13(12)15(17)19/h3-8,11-13H,1-2H3/t11-,12+,13+,16-/m1/s1. The molecule has 2 bridgehead atoms. The number of rotatable bonds is 3. The molecule has 22 heavy (non-hydrogen) atoms. The number of carbonyl (C=O) groups is 2. The number of hydrogen-bond acceptors (Lipinski definition) is 5. The number of methoxy groups -OCH3 is 2. The summed E-state index contributed by atoms with van der Waals surface area (Å²) in [5.74, 6) is -2.41. The molecule has 0 saturated carbocycles. The van der Waals surface area contributed by atoms with Gasteiger partial charge in [-0.25, -0.2) is 4.90 Å². The van der Waals surface area contributed by atoms with Gasteiger partial charge in [-0.15, -0.1) is 0 Å². The lowest BCUT2D eigenvalue weighted by Crippen LogP contribution is -2.42. The largest absolute Gasteiger partial charge is 0.495 e. The van der Waals surface area contributed by atoms with Crippen LogP contribution >= 0.6 is 0 Å². The SMILES string of the molecule is COc1ccccc1N1C(=O)[C@@H]2[C@@H](C1=O)[C@@]1(OC)C=C[C@H]2O1. The van der Waals surface area contributed by atoms with Gasteiger partial charge >= 0.3 is 0 Å². The minimum atomic E-state index is -1.13. The van der Waals surface area contributed by atoms with Gasteiger partial charge in [-0.1, -0.05) is 18.2 Å². The minimum absolute atomic E-state index is 0.271. The molecule has 2 amide bonds. The third-order valence-corrected chi connectivity index (χ3v) is 4.62. The van der Waals surface area contributed by atoms with Gasteiger partial charge in [0.15, 0.2) is 0 Å². The van der Waals surface area contributed by atoms with Gasteiger partial charge < -0.3 is 14.2 Å². The quantitative estimate of drug-likeness (QED) is 0.618. The van der Waals surface area contributed by atoms with Crippen LogP contribution in [0, 0.1) is 11.8 Å². The van der Waals surface area contributed by atoms with Crippen LogP contribution in [0.3, 0.4) is 0 Å². The van der Waals surface area contributed by atoms with Crippen molar-refractivity contribution in [3.05, 3.63) is 36.4 Å². The maximum Gasteiger partial charge on any atom is 0.243 e. The van der Waals surface area contributed by atoms with E-state index >= 15 is 0 Å². The first-order valence-electron chi connectivity index (χ1n) is 7.06. The van der Waals surface area contributed by atoms with Gasteiger partial charge in [-0.2, -0.15) is 0 Å². The fraction of sp³-hybridized carbons (Fsp3) is 0.375. The molecule has 0 N–H and O–H groups in total. The smallest absolute Gasteiger partial charge is 0.243 e. The monoisotopic (exact) mass is 301 g/mol. The molecule has 0 aliphatic carbocycles. The number of anilines is 1. The summed E-state index contributed by atoms with van der Waals surface area (Å²) in [6.45, 7) is 0. The summed E-state index contributed by atoms with van der Waals surface area (Å²) in [7, 11) is 2.99. The highest BCUT2D eigenvalue weighted by atomic mass is 16.7. The number of imide groups is 1. The van der Waals surface area contributed by atoms with E-state index in [2.05, 4.69) is 0 Å². The zero-order valence-corrected chi connectivity index (χ0v) is 12.2. The van der Waals surface area contributed by atoms with E-state index in [1.54, 1.807) is 36.4 Å². The van der Waals surface area contributed by atoms with Gasteiger partial charge in [-0.3, -0.25) is 9.59 Å². The van der Waals surface area contributed by atoms with Crippen LogP contribution in [0.25, 0.3) is 0 Å². The Morgan fingerprint density at radius 1 is 1.18 bits per heavy atom. The highest BCUT2D eigenvalue weighted by Crippen LogP contribution is 2.53. The summed E-state index contributed by atoms with van der Waals surface area (Å²) >= 11 is 0. The van der Waals surface area contributed by atoms with Gasteiger partial charge in [0.25, 0.3) is 0 Å². The second kappa shape index (κ2) is 4.41. The van der Waals surface area contributed by atoms with Crippen LogP contribution in [0.5, 0.6) is 5.75 Å². The van der Waals surface area contributed by atoms with E-state index in [0.29, 0.717) is 11.4 Å². The summed E-state index contributed by atoms with van der Waals surface area (Å²) in [5.41, 5.74) is 0.458. The van der Waals surface area contributed by atoms with Crippen molar-refractivity contribution in [2.24, 2.45) is 11.8 Å². The topological polar surface area (TPSA) is 65.1 Å². The molecule has 4 rings (SSSR count). The number of amides is 2. The molecule has 0 spiro atoms. The fourth-order valence-corrected chi connectivity index (χ4v) is 3.63. The number of carbonyl (C=O) groups excluding carboxylic acids is 2. The average Bonchev–Trinajstić information content (AvgIpc) is 3.18. The van der Waals surface area contributed by atoms with Gasteiger partial charge in [0.1, 0.15) is 11.7 Å². The molecular weight excluding hydrogens is 286 g/mol. The van der Waals surface area contributed by atoms with Gasteiger partial charge in [0.05, 0.1) is 24.8 Å². The van der Waals surface area contributed by atoms with Crippen molar-refractivity contribution in [3.8, 4) is 5.75 Å². The maximum atomic E-state index is 12.9. The molecule has 0 radical (unpaired) electrons. The number of para-hydroxylation sites is 2. The Bertz CT molecular complexity index is 700. The minimum Gasteiger partial charge on any atom is -0.495 e. The van der Waals surface area contributed by atoms with Crippen LogP contribution in [0.1, 0.15) is 0 Å². The first-order valence-corrected chi connectivity index (χ1v) is 7.06. The van der Waals surface area contributed by atoms with E-state index in [4.69, 9.17) is 14.2 Å². The molecule has 3 heterocycles. The molecule has 1 aromatic rings. The number of nitrogens with zero attached hydrogens (tertiary/aromatic N) is 1. The molecule has 2 fully saturated rings. The molecule has 0 unspecified atom stereocenters. The third kappa shape index (κ3) is 1.46. The van der Waals surface area contributed by atoms with Crippen molar-refractivity contribution in [2.75, 3.05) is 19.1 Å². The van der Waals surface area contributed by atoms with Gasteiger partial charge in [0.2, 0.25) is 17.6 Å². The van der Waals surface area contributed by atoms with E-state index in [-0.39, 0.29) is 11.8 Å². The molecule has 4 atom stereocenters. The highest BCUT2D eigenvalue weighted by molar-refractivity contribution is 6.23. The van der Waals surface area contributed by atoms with Crippen molar-refractivity contribution < 1.29 is 23.8 Å². The maximum absolute atomic E-state index is 12.9. The zero-order chi connectivity index (χ0) is 15.5. The predicted octanol–water partition coefficient (Wildman–Crippen LogP) is 1.11. The summed E-state index contributed by atoms with van der Waals surface area (Å²) < 4.78 is 16.4. The molecule has 3 aliphatic rings. The van der Waals surface area contributed by atoms with Crippen molar-refractivity contribution in [2.45, 2.75) is 11.9 Å². The van der Waals surface area contributed by atoms with Gasteiger partial charge in [-0.05, 0) is 18.2 Å². The molecule has 3 aliphatic heterocycles. The third-order valence-electron chi connectivity index (χ3n) is 4.62. The first-order chi connectivity index (χ1) is 10.6. The van der Waals surface area contributed by atoms with Crippen LogP contribution in [-0.4, -0.2) is 37.9 Å². The average molecular weight is 301 g/mol. The van der Waals surface area contributed by atoms with Crippen LogP contribution in [0.4, 0.5) is 5.69 Å². The fourth-order valence-electron chi connectivity index (χ4n) is 3.63. The van der Waals surface area contributed by atoms with Crippen molar-refractivity contribution in [1.82, 2.24) is 0 Å². The van der Waals surface area contributed by atoms with E-state index in [9.17, 15) is 9.59 Å². The Morgan fingerprint density at radius 2 is 1.95 bits per heavy atom. The highest BCUT2D eigenvalue weighted by Gasteiger charge is 2.68. The van der Waals surface area contributed by atoms with Crippen molar-refractivity contribution >= 4 is 17.5 Å². The Morgan fingerprint density at radius 3 is 2.68 bits per heavy atom. The van der Waals surface area contributed by atoms with Crippen molar-refractivity contribution in [3.63, 3.8) is 0 Å². The Kier molecular flexibility index (Phi) is 2.70. The van der Waals surface area contributed by atoms with Gasteiger partial charge in [0, 0.05) is 7.11 Å². The molecule has 1 aromatic carbocycles. The lowest BCUT2D eigenvalue weighted by molar-refractivity contribution is -0.181. The van der Waals surface area contributed by atoms with Crippen LogP contribution < -0.4 is 9.64 Å².